The fourth-order valence-corrected chi connectivity index (χ4v) is 3.10. The van der Waals surface area contributed by atoms with Gasteiger partial charge < -0.3 is 0 Å². The summed E-state index contributed by atoms with van der Waals surface area (Å²) in [5, 5.41) is 9.61. The Bertz CT molecular complexity index is 433. The molecule has 0 N–H and O–H groups in total. The normalized spacial score (nSPS) is 23.7. The van der Waals surface area contributed by atoms with Crippen LogP contribution in [0.25, 0.3) is 0 Å². The topological polar surface area (TPSA) is 30.3 Å². The molecule has 1 aromatic rings. The third-order valence-electron chi connectivity index (χ3n) is 4.15. The first-order chi connectivity index (χ1) is 9.24. The lowest BCUT2D eigenvalue weighted by molar-refractivity contribution is 0.152. The Morgan fingerprint density at radius 2 is 1.95 bits per heavy atom. The van der Waals surface area contributed by atoms with Crippen LogP contribution >= 0.6 is 0 Å². The van der Waals surface area contributed by atoms with Gasteiger partial charge in [0.2, 0.25) is 0 Å². The molecule has 1 fully saturated rings. The third kappa shape index (κ3) is 2.97. The monoisotopic (exact) mass is 257 g/mol. The van der Waals surface area contributed by atoms with Crippen molar-refractivity contribution < 1.29 is 0 Å². The highest BCUT2D eigenvalue weighted by Crippen LogP contribution is 2.28. The predicted molar refractivity (Wildman–Crippen MR) is 77.6 cm³/mol. The minimum Gasteiger partial charge on any atom is -0.296 e. The first-order valence-electron chi connectivity index (χ1n) is 7.16. The van der Waals surface area contributed by atoms with Crippen molar-refractivity contribution in [2.75, 3.05) is 26.2 Å². The van der Waals surface area contributed by atoms with Gasteiger partial charge in [-0.15, -0.1) is 0 Å². The van der Waals surface area contributed by atoms with Crippen LogP contribution in [0.1, 0.15) is 25.8 Å². The number of likely N-dealkylation sites (N-methyl/N-ethyl adjacent to an activating group) is 1. The van der Waals surface area contributed by atoms with Gasteiger partial charge in [0, 0.05) is 19.6 Å². The zero-order valence-corrected chi connectivity index (χ0v) is 12.0. The van der Waals surface area contributed by atoms with Gasteiger partial charge in [0.1, 0.15) is 5.54 Å². The second kappa shape index (κ2) is 6.18. The van der Waals surface area contributed by atoms with Gasteiger partial charge >= 0.3 is 0 Å². The van der Waals surface area contributed by atoms with Gasteiger partial charge in [0.05, 0.1) is 6.07 Å². The molecule has 1 aliphatic rings. The summed E-state index contributed by atoms with van der Waals surface area (Å²) in [4.78, 5) is 4.70. The van der Waals surface area contributed by atoms with Crippen LogP contribution in [0.5, 0.6) is 0 Å². The molecule has 19 heavy (non-hydrogen) atoms. The molecule has 0 radical (unpaired) electrons. The highest BCUT2D eigenvalue weighted by Gasteiger charge is 2.42. The first kappa shape index (κ1) is 14.0. The van der Waals surface area contributed by atoms with Crippen LogP contribution in [0.15, 0.2) is 30.3 Å². The van der Waals surface area contributed by atoms with E-state index in [0.717, 1.165) is 39.1 Å². The maximum atomic E-state index is 9.61. The number of hydrogen-bond donors (Lipinski definition) is 0. The Balaban J connectivity index is 2.04. The van der Waals surface area contributed by atoms with Crippen LogP contribution in [0, 0.1) is 11.3 Å². The lowest BCUT2D eigenvalue weighted by Crippen LogP contribution is -2.49. The van der Waals surface area contributed by atoms with E-state index in [9.17, 15) is 5.26 Å². The van der Waals surface area contributed by atoms with Crippen molar-refractivity contribution in [3.8, 4) is 6.07 Å². The first-order valence-corrected chi connectivity index (χ1v) is 7.16. The summed E-state index contributed by atoms with van der Waals surface area (Å²) < 4.78 is 0. The molecular weight excluding hydrogens is 234 g/mol. The largest absolute Gasteiger partial charge is 0.296 e. The lowest BCUT2D eigenvalue weighted by Gasteiger charge is -2.34. The maximum Gasteiger partial charge on any atom is 0.123 e. The quantitative estimate of drug-likeness (QED) is 0.812. The van der Waals surface area contributed by atoms with Gasteiger partial charge in [0.25, 0.3) is 0 Å². The van der Waals surface area contributed by atoms with Crippen LogP contribution in [0.2, 0.25) is 0 Å². The average molecular weight is 257 g/mol. The fraction of sp³-hybridized carbons (Fsp3) is 0.562. The highest BCUT2D eigenvalue weighted by atomic mass is 15.3. The lowest BCUT2D eigenvalue weighted by atomic mass is 9.98. The molecule has 1 aromatic carbocycles. The van der Waals surface area contributed by atoms with Gasteiger partial charge in [0.15, 0.2) is 0 Å². The highest BCUT2D eigenvalue weighted by molar-refractivity contribution is 5.18. The Morgan fingerprint density at radius 1 is 1.26 bits per heavy atom. The second-order valence-corrected chi connectivity index (χ2v) is 5.26. The molecule has 1 saturated heterocycles. The number of hydrogen-bond acceptors (Lipinski definition) is 3. The van der Waals surface area contributed by atoms with Gasteiger partial charge in [-0.3, -0.25) is 9.80 Å². The molecule has 3 heteroatoms. The number of likely N-dealkylation sites (tertiary alicyclic amines) is 1. The van der Waals surface area contributed by atoms with E-state index in [2.05, 4.69) is 54.0 Å². The van der Waals surface area contributed by atoms with Crippen LogP contribution in [0.3, 0.4) is 0 Å². The van der Waals surface area contributed by atoms with E-state index in [4.69, 9.17) is 0 Å². The molecule has 3 nitrogen and oxygen atoms in total. The molecular formula is C16H23N3. The van der Waals surface area contributed by atoms with Crippen molar-refractivity contribution in [1.82, 2.24) is 9.80 Å². The van der Waals surface area contributed by atoms with Gasteiger partial charge in [-0.05, 0) is 25.1 Å². The van der Waals surface area contributed by atoms with Crippen LogP contribution in [-0.4, -0.2) is 41.5 Å². The summed E-state index contributed by atoms with van der Waals surface area (Å²) in [6, 6.07) is 13.1. The van der Waals surface area contributed by atoms with Crippen molar-refractivity contribution in [3.63, 3.8) is 0 Å². The summed E-state index contributed by atoms with van der Waals surface area (Å²) in [6.45, 7) is 9.00. The molecule has 2 rings (SSSR count). The standard InChI is InChI=1S/C16H23N3/c1-3-19(4-2)16(13-17)10-11-18(14-16)12-15-8-6-5-7-9-15/h5-9H,3-4,10-12,14H2,1-2H3. The van der Waals surface area contributed by atoms with Gasteiger partial charge in [-0.1, -0.05) is 44.2 Å². The molecule has 0 bridgehead atoms. The van der Waals surface area contributed by atoms with E-state index in [1.165, 1.54) is 5.56 Å². The zero-order chi connectivity index (χ0) is 13.7. The molecule has 1 aliphatic heterocycles. The zero-order valence-electron chi connectivity index (χ0n) is 12.0. The number of rotatable bonds is 5. The Kier molecular flexibility index (Phi) is 4.57. The molecule has 0 spiro atoms. The van der Waals surface area contributed by atoms with E-state index < -0.39 is 0 Å². The molecule has 1 heterocycles. The third-order valence-corrected chi connectivity index (χ3v) is 4.15. The molecule has 0 aliphatic carbocycles. The molecule has 102 valence electrons. The molecule has 0 aromatic heterocycles. The summed E-state index contributed by atoms with van der Waals surface area (Å²) in [7, 11) is 0. The van der Waals surface area contributed by atoms with Gasteiger partial charge in [-0.25, -0.2) is 0 Å². The van der Waals surface area contributed by atoms with E-state index in [1.54, 1.807) is 0 Å². The Hall–Kier alpha value is -1.37. The number of benzene rings is 1. The maximum absolute atomic E-state index is 9.61. The van der Waals surface area contributed by atoms with Crippen molar-refractivity contribution in [2.24, 2.45) is 0 Å². The van der Waals surface area contributed by atoms with Crippen molar-refractivity contribution in [1.29, 1.82) is 5.26 Å². The molecule has 1 atom stereocenters. The summed E-state index contributed by atoms with van der Waals surface area (Å²) in [5.74, 6) is 0. The molecule has 1 unspecified atom stereocenters. The number of nitriles is 1. The Labute approximate surface area is 116 Å². The fourth-order valence-electron chi connectivity index (χ4n) is 3.10. The average Bonchev–Trinajstić information content (AvgIpc) is 2.86. The predicted octanol–water partition coefficient (Wildman–Crippen LogP) is 2.50. The molecule has 0 saturated carbocycles. The summed E-state index contributed by atoms with van der Waals surface area (Å²) in [5.41, 5.74) is 1.05. The van der Waals surface area contributed by atoms with E-state index in [1.807, 2.05) is 6.07 Å². The van der Waals surface area contributed by atoms with E-state index in [0.29, 0.717) is 0 Å². The van der Waals surface area contributed by atoms with E-state index >= 15 is 0 Å². The minimum absolute atomic E-state index is 0.279. The van der Waals surface area contributed by atoms with Crippen molar-refractivity contribution in [3.05, 3.63) is 35.9 Å². The summed E-state index contributed by atoms with van der Waals surface area (Å²) >= 11 is 0. The Morgan fingerprint density at radius 3 is 2.53 bits per heavy atom. The van der Waals surface area contributed by atoms with Crippen LogP contribution < -0.4 is 0 Å². The summed E-state index contributed by atoms with van der Waals surface area (Å²) in [6.07, 6.45) is 0.956. The van der Waals surface area contributed by atoms with Crippen molar-refractivity contribution >= 4 is 0 Å². The minimum atomic E-state index is -0.279. The SMILES string of the molecule is CCN(CC)C1(C#N)CCN(Cc2ccccc2)C1. The van der Waals surface area contributed by atoms with Crippen LogP contribution in [-0.2, 0) is 6.54 Å². The van der Waals surface area contributed by atoms with E-state index in [-0.39, 0.29) is 5.54 Å². The van der Waals surface area contributed by atoms with Crippen molar-refractivity contribution in [2.45, 2.75) is 32.4 Å². The second-order valence-electron chi connectivity index (χ2n) is 5.26. The number of nitrogens with zero attached hydrogens (tertiary/aromatic N) is 3. The van der Waals surface area contributed by atoms with Gasteiger partial charge in [-0.2, -0.15) is 5.26 Å². The van der Waals surface area contributed by atoms with Crippen LogP contribution in [0.4, 0.5) is 0 Å². The smallest absolute Gasteiger partial charge is 0.123 e. The molecule has 0 amide bonds.